The molecule has 0 saturated heterocycles. The lowest BCUT2D eigenvalue weighted by molar-refractivity contribution is -0.146. The number of hydrogen-bond acceptors (Lipinski definition) is 3. The SMILES string of the molecule is CCOCC(N)(C(=O)O)c1ccccc1. The van der Waals surface area contributed by atoms with Gasteiger partial charge >= 0.3 is 5.97 Å². The van der Waals surface area contributed by atoms with E-state index in [2.05, 4.69) is 0 Å². The molecule has 1 unspecified atom stereocenters. The molecule has 0 aliphatic rings. The largest absolute Gasteiger partial charge is 0.480 e. The van der Waals surface area contributed by atoms with Crippen molar-refractivity contribution < 1.29 is 14.6 Å². The second-order valence-corrected chi connectivity index (χ2v) is 3.28. The Hall–Kier alpha value is -1.39. The Labute approximate surface area is 88.7 Å². The van der Waals surface area contributed by atoms with Crippen LogP contribution in [-0.2, 0) is 15.1 Å². The Kier molecular flexibility index (Phi) is 3.82. The summed E-state index contributed by atoms with van der Waals surface area (Å²) in [5.41, 5.74) is 4.91. The maximum absolute atomic E-state index is 11.1. The molecule has 0 aromatic heterocycles. The van der Waals surface area contributed by atoms with Crippen molar-refractivity contribution >= 4 is 5.97 Å². The topological polar surface area (TPSA) is 72.5 Å². The van der Waals surface area contributed by atoms with Crippen LogP contribution in [0.3, 0.4) is 0 Å². The number of carbonyl (C=O) groups is 1. The zero-order valence-electron chi connectivity index (χ0n) is 8.64. The van der Waals surface area contributed by atoms with Gasteiger partial charge in [-0.15, -0.1) is 0 Å². The van der Waals surface area contributed by atoms with Crippen molar-refractivity contribution in [3.05, 3.63) is 35.9 Å². The Morgan fingerprint density at radius 2 is 2.07 bits per heavy atom. The summed E-state index contributed by atoms with van der Waals surface area (Å²) in [7, 11) is 0. The highest BCUT2D eigenvalue weighted by atomic mass is 16.5. The summed E-state index contributed by atoms with van der Waals surface area (Å²) in [5, 5.41) is 9.11. The number of hydrogen-bond donors (Lipinski definition) is 2. The first kappa shape index (κ1) is 11.7. The summed E-state index contributed by atoms with van der Waals surface area (Å²) in [6, 6.07) is 8.70. The van der Waals surface area contributed by atoms with Crippen molar-refractivity contribution in [2.24, 2.45) is 5.73 Å². The van der Waals surface area contributed by atoms with Gasteiger partial charge in [-0.05, 0) is 12.5 Å². The minimum atomic E-state index is -1.46. The van der Waals surface area contributed by atoms with E-state index in [0.717, 1.165) is 0 Å². The quantitative estimate of drug-likeness (QED) is 0.757. The van der Waals surface area contributed by atoms with Crippen LogP contribution in [0.1, 0.15) is 12.5 Å². The predicted molar refractivity (Wildman–Crippen MR) is 56.4 cm³/mol. The average molecular weight is 209 g/mol. The van der Waals surface area contributed by atoms with Crippen molar-refractivity contribution in [3.8, 4) is 0 Å². The molecular weight excluding hydrogens is 194 g/mol. The van der Waals surface area contributed by atoms with E-state index in [9.17, 15) is 4.79 Å². The lowest BCUT2D eigenvalue weighted by atomic mass is 9.92. The Morgan fingerprint density at radius 3 is 2.53 bits per heavy atom. The molecule has 0 heterocycles. The third-order valence-electron chi connectivity index (χ3n) is 2.20. The van der Waals surface area contributed by atoms with Crippen LogP contribution in [0.5, 0.6) is 0 Å². The van der Waals surface area contributed by atoms with Gasteiger partial charge in [-0.2, -0.15) is 0 Å². The number of ether oxygens (including phenoxy) is 1. The van der Waals surface area contributed by atoms with Crippen molar-refractivity contribution in [2.45, 2.75) is 12.5 Å². The number of rotatable bonds is 5. The van der Waals surface area contributed by atoms with E-state index in [-0.39, 0.29) is 6.61 Å². The van der Waals surface area contributed by atoms with Gasteiger partial charge in [-0.25, -0.2) is 4.79 Å². The molecule has 0 fully saturated rings. The van der Waals surface area contributed by atoms with Crippen molar-refractivity contribution in [2.75, 3.05) is 13.2 Å². The maximum atomic E-state index is 11.1. The summed E-state index contributed by atoms with van der Waals surface area (Å²) >= 11 is 0. The van der Waals surface area contributed by atoms with E-state index in [1.54, 1.807) is 31.2 Å². The smallest absolute Gasteiger partial charge is 0.330 e. The van der Waals surface area contributed by atoms with Crippen molar-refractivity contribution in [1.29, 1.82) is 0 Å². The molecule has 0 saturated carbocycles. The first-order valence-corrected chi connectivity index (χ1v) is 4.77. The van der Waals surface area contributed by atoms with Gasteiger partial charge in [0.1, 0.15) is 0 Å². The molecule has 82 valence electrons. The molecule has 15 heavy (non-hydrogen) atoms. The highest BCUT2D eigenvalue weighted by molar-refractivity contribution is 5.80. The zero-order chi connectivity index (χ0) is 11.3. The Bertz CT molecular complexity index is 326. The Balaban J connectivity index is 2.96. The van der Waals surface area contributed by atoms with Gasteiger partial charge < -0.3 is 15.6 Å². The van der Waals surface area contributed by atoms with Crippen LogP contribution in [0, 0.1) is 0 Å². The molecule has 0 radical (unpaired) electrons. The number of carboxylic acid groups (broad SMARTS) is 1. The van der Waals surface area contributed by atoms with Crippen LogP contribution in [0.2, 0.25) is 0 Å². The summed E-state index contributed by atoms with van der Waals surface area (Å²) in [4.78, 5) is 11.1. The molecule has 0 amide bonds. The molecule has 1 rings (SSSR count). The van der Waals surface area contributed by atoms with E-state index in [1.165, 1.54) is 0 Å². The van der Waals surface area contributed by atoms with Crippen LogP contribution in [0.25, 0.3) is 0 Å². The van der Waals surface area contributed by atoms with E-state index in [0.29, 0.717) is 12.2 Å². The monoisotopic (exact) mass is 209 g/mol. The summed E-state index contributed by atoms with van der Waals surface area (Å²) in [6.07, 6.45) is 0. The standard InChI is InChI=1S/C11H15NO3/c1-2-15-8-11(12,10(13)14)9-6-4-3-5-7-9/h3-7H,2,8,12H2,1H3,(H,13,14). The fraction of sp³-hybridized carbons (Fsp3) is 0.364. The molecule has 0 bridgehead atoms. The van der Waals surface area contributed by atoms with E-state index in [4.69, 9.17) is 15.6 Å². The van der Waals surface area contributed by atoms with Gasteiger partial charge in [0, 0.05) is 6.61 Å². The molecular formula is C11H15NO3. The van der Waals surface area contributed by atoms with E-state index in [1.807, 2.05) is 6.07 Å². The van der Waals surface area contributed by atoms with Gasteiger partial charge in [0.2, 0.25) is 0 Å². The first-order chi connectivity index (χ1) is 7.11. The van der Waals surface area contributed by atoms with Crippen LogP contribution < -0.4 is 5.73 Å². The van der Waals surface area contributed by atoms with Crippen LogP contribution >= 0.6 is 0 Å². The normalized spacial score (nSPS) is 14.5. The number of benzene rings is 1. The van der Waals surface area contributed by atoms with Gasteiger partial charge in [-0.1, -0.05) is 30.3 Å². The van der Waals surface area contributed by atoms with E-state index < -0.39 is 11.5 Å². The first-order valence-electron chi connectivity index (χ1n) is 4.77. The molecule has 1 aromatic rings. The molecule has 3 N–H and O–H groups in total. The molecule has 4 heteroatoms. The molecule has 1 aromatic carbocycles. The maximum Gasteiger partial charge on any atom is 0.330 e. The summed E-state index contributed by atoms with van der Waals surface area (Å²) < 4.78 is 5.11. The van der Waals surface area contributed by atoms with Gasteiger partial charge in [0.15, 0.2) is 5.54 Å². The van der Waals surface area contributed by atoms with Crippen molar-refractivity contribution in [1.82, 2.24) is 0 Å². The minimum Gasteiger partial charge on any atom is -0.480 e. The van der Waals surface area contributed by atoms with E-state index >= 15 is 0 Å². The molecule has 4 nitrogen and oxygen atoms in total. The van der Waals surface area contributed by atoms with Gasteiger partial charge in [0.05, 0.1) is 6.61 Å². The highest BCUT2D eigenvalue weighted by Crippen LogP contribution is 2.18. The molecule has 0 spiro atoms. The molecule has 1 atom stereocenters. The second-order valence-electron chi connectivity index (χ2n) is 3.28. The number of carboxylic acids is 1. The lowest BCUT2D eigenvalue weighted by Crippen LogP contribution is -2.48. The fourth-order valence-corrected chi connectivity index (χ4v) is 1.27. The van der Waals surface area contributed by atoms with Crippen LogP contribution in [-0.4, -0.2) is 24.3 Å². The predicted octanol–water partition coefficient (Wildman–Crippen LogP) is 0.962. The van der Waals surface area contributed by atoms with Crippen molar-refractivity contribution in [3.63, 3.8) is 0 Å². The third kappa shape index (κ3) is 2.55. The van der Waals surface area contributed by atoms with Crippen LogP contribution in [0.15, 0.2) is 30.3 Å². The number of aliphatic carboxylic acids is 1. The minimum absolute atomic E-state index is 0.0250. The third-order valence-corrected chi connectivity index (χ3v) is 2.20. The summed E-state index contributed by atoms with van der Waals surface area (Å²) in [5.74, 6) is -1.08. The zero-order valence-corrected chi connectivity index (χ0v) is 8.64. The van der Waals surface area contributed by atoms with Crippen LogP contribution in [0.4, 0.5) is 0 Å². The van der Waals surface area contributed by atoms with Gasteiger partial charge in [0.25, 0.3) is 0 Å². The Morgan fingerprint density at radius 1 is 1.47 bits per heavy atom. The second kappa shape index (κ2) is 4.91. The summed E-state index contributed by atoms with van der Waals surface area (Å²) in [6.45, 7) is 2.22. The lowest BCUT2D eigenvalue weighted by Gasteiger charge is -2.24. The average Bonchev–Trinajstić information content (AvgIpc) is 2.27. The number of nitrogens with two attached hydrogens (primary N) is 1. The molecule has 0 aliphatic carbocycles. The van der Waals surface area contributed by atoms with Gasteiger partial charge in [-0.3, -0.25) is 0 Å². The molecule has 0 aliphatic heterocycles. The fourth-order valence-electron chi connectivity index (χ4n) is 1.27. The highest BCUT2D eigenvalue weighted by Gasteiger charge is 2.36.